The molecule has 0 spiro atoms. The molecule has 6 heteroatoms. The molecule has 3 heterocycles. The largest absolute Gasteiger partial charge is 0.493 e. The lowest BCUT2D eigenvalue weighted by Gasteiger charge is -2.32. The molecule has 27 heavy (non-hydrogen) atoms. The molecule has 6 nitrogen and oxygen atoms in total. The Balaban J connectivity index is 1.10. The Hall–Kier alpha value is -1.95. The summed E-state index contributed by atoms with van der Waals surface area (Å²) in [6, 6.07) is 5.72. The number of fused-ring (bicyclic) bond motifs is 1. The molecule has 0 aliphatic carbocycles. The summed E-state index contributed by atoms with van der Waals surface area (Å²) in [4.78, 5) is 16.8. The Morgan fingerprint density at radius 3 is 2.67 bits per heavy atom. The lowest BCUT2D eigenvalue weighted by molar-refractivity contribution is -0.131. The number of piperidine rings is 1. The zero-order valence-corrected chi connectivity index (χ0v) is 16.0. The maximum atomic E-state index is 12.3. The molecule has 0 N–H and O–H groups in total. The highest BCUT2D eigenvalue weighted by Gasteiger charge is 2.25. The van der Waals surface area contributed by atoms with E-state index in [2.05, 4.69) is 9.80 Å². The van der Waals surface area contributed by atoms with Gasteiger partial charge >= 0.3 is 0 Å². The number of benzene rings is 1. The van der Waals surface area contributed by atoms with Crippen molar-refractivity contribution in [1.82, 2.24) is 9.80 Å². The summed E-state index contributed by atoms with van der Waals surface area (Å²) < 4.78 is 16.5. The van der Waals surface area contributed by atoms with Gasteiger partial charge in [-0.2, -0.15) is 0 Å². The second-order valence-corrected chi connectivity index (χ2v) is 7.79. The van der Waals surface area contributed by atoms with Crippen molar-refractivity contribution in [3.8, 4) is 17.2 Å². The van der Waals surface area contributed by atoms with Crippen LogP contribution < -0.4 is 14.2 Å². The molecule has 0 atom stereocenters. The molecule has 3 aliphatic rings. The second kappa shape index (κ2) is 8.83. The number of hydrogen-bond donors (Lipinski definition) is 0. The summed E-state index contributed by atoms with van der Waals surface area (Å²) in [6.07, 6.45) is 6.40. The van der Waals surface area contributed by atoms with E-state index in [1.54, 1.807) is 0 Å². The maximum absolute atomic E-state index is 12.3. The second-order valence-electron chi connectivity index (χ2n) is 7.79. The smallest absolute Gasteiger partial charge is 0.231 e. The van der Waals surface area contributed by atoms with E-state index < -0.39 is 0 Å². The highest BCUT2D eigenvalue weighted by Crippen LogP contribution is 2.35. The van der Waals surface area contributed by atoms with Gasteiger partial charge in [0.1, 0.15) is 5.75 Å². The number of amides is 1. The average Bonchev–Trinajstić information content (AvgIpc) is 3.38. The highest BCUT2D eigenvalue weighted by molar-refractivity contribution is 5.76. The van der Waals surface area contributed by atoms with Crippen LogP contribution in [0, 0.1) is 5.92 Å². The van der Waals surface area contributed by atoms with E-state index >= 15 is 0 Å². The maximum Gasteiger partial charge on any atom is 0.231 e. The predicted molar refractivity (Wildman–Crippen MR) is 102 cm³/mol. The molecule has 2 saturated heterocycles. The van der Waals surface area contributed by atoms with Gasteiger partial charge in [-0.3, -0.25) is 4.79 Å². The van der Waals surface area contributed by atoms with E-state index in [4.69, 9.17) is 14.2 Å². The normalized spacial score (nSPS) is 20.2. The summed E-state index contributed by atoms with van der Waals surface area (Å²) in [5, 5.41) is 0. The van der Waals surface area contributed by atoms with Crippen LogP contribution in [0.4, 0.5) is 0 Å². The fourth-order valence-corrected chi connectivity index (χ4v) is 4.20. The standard InChI is InChI=1S/C21H30N2O4/c24-21(23-9-1-2-10-23)14-17-6-11-22(12-7-17)8-3-13-25-18-4-5-19-20(15-18)27-16-26-19/h4-5,15,17H,1-3,6-14,16H2. The van der Waals surface area contributed by atoms with Crippen LogP contribution >= 0.6 is 0 Å². The van der Waals surface area contributed by atoms with Gasteiger partial charge in [0.05, 0.1) is 6.61 Å². The van der Waals surface area contributed by atoms with Crippen molar-refractivity contribution in [2.45, 2.75) is 38.5 Å². The molecule has 1 aromatic rings. The van der Waals surface area contributed by atoms with E-state index in [9.17, 15) is 4.79 Å². The van der Waals surface area contributed by atoms with Crippen LogP contribution in [0.15, 0.2) is 18.2 Å². The van der Waals surface area contributed by atoms with Crippen molar-refractivity contribution in [2.24, 2.45) is 5.92 Å². The van der Waals surface area contributed by atoms with E-state index in [-0.39, 0.29) is 0 Å². The SMILES string of the molecule is O=C(CC1CCN(CCCOc2ccc3c(c2)OCO3)CC1)N1CCCC1. The molecule has 0 saturated carbocycles. The van der Waals surface area contributed by atoms with Gasteiger partial charge in [-0.15, -0.1) is 0 Å². The van der Waals surface area contributed by atoms with Crippen LogP contribution in [0.3, 0.4) is 0 Å². The van der Waals surface area contributed by atoms with Crippen molar-refractivity contribution in [3.63, 3.8) is 0 Å². The van der Waals surface area contributed by atoms with Crippen LogP contribution in [0.25, 0.3) is 0 Å². The van der Waals surface area contributed by atoms with Gasteiger partial charge < -0.3 is 24.0 Å². The van der Waals surface area contributed by atoms with E-state index in [1.807, 2.05) is 18.2 Å². The Labute approximate surface area is 161 Å². The molecule has 0 aromatic heterocycles. The van der Waals surface area contributed by atoms with Crippen molar-refractivity contribution in [2.75, 3.05) is 46.1 Å². The summed E-state index contributed by atoms with van der Waals surface area (Å²) in [7, 11) is 0. The quantitative estimate of drug-likeness (QED) is 0.687. The molecular weight excluding hydrogens is 344 g/mol. The number of rotatable bonds is 7. The van der Waals surface area contributed by atoms with Gasteiger partial charge in [0, 0.05) is 32.1 Å². The van der Waals surface area contributed by atoms with Crippen LogP contribution in [0.1, 0.15) is 38.5 Å². The molecule has 2 fully saturated rings. The van der Waals surface area contributed by atoms with Crippen molar-refractivity contribution < 1.29 is 19.0 Å². The van der Waals surface area contributed by atoms with E-state index in [0.29, 0.717) is 25.2 Å². The van der Waals surface area contributed by atoms with Gasteiger partial charge in [-0.1, -0.05) is 0 Å². The summed E-state index contributed by atoms with van der Waals surface area (Å²) in [5.74, 6) is 3.33. The third-order valence-corrected chi connectivity index (χ3v) is 5.86. The van der Waals surface area contributed by atoms with Gasteiger partial charge in [0.25, 0.3) is 0 Å². The van der Waals surface area contributed by atoms with E-state index in [0.717, 1.165) is 75.7 Å². The minimum absolute atomic E-state index is 0.290. The van der Waals surface area contributed by atoms with Crippen molar-refractivity contribution in [1.29, 1.82) is 0 Å². The fourth-order valence-electron chi connectivity index (χ4n) is 4.20. The Bertz CT molecular complexity index is 637. The first kappa shape index (κ1) is 18.4. The van der Waals surface area contributed by atoms with Crippen molar-refractivity contribution in [3.05, 3.63) is 18.2 Å². The minimum atomic E-state index is 0.290. The van der Waals surface area contributed by atoms with Crippen LogP contribution in [-0.4, -0.2) is 61.8 Å². The first-order valence-electron chi connectivity index (χ1n) is 10.3. The third-order valence-electron chi connectivity index (χ3n) is 5.86. The summed E-state index contributed by atoms with van der Waals surface area (Å²) in [5.41, 5.74) is 0. The van der Waals surface area contributed by atoms with E-state index in [1.165, 1.54) is 12.8 Å². The molecule has 4 rings (SSSR count). The Kier molecular flexibility index (Phi) is 6.02. The first-order chi connectivity index (χ1) is 13.3. The molecule has 0 unspecified atom stereocenters. The third kappa shape index (κ3) is 4.86. The number of likely N-dealkylation sites (tertiary alicyclic amines) is 2. The monoisotopic (exact) mass is 374 g/mol. The summed E-state index contributed by atoms with van der Waals surface area (Å²) >= 11 is 0. The highest BCUT2D eigenvalue weighted by atomic mass is 16.7. The Morgan fingerprint density at radius 1 is 1.07 bits per heavy atom. The average molecular weight is 374 g/mol. The molecule has 0 bridgehead atoms. The lowest BCUT2D eigenvalue weighted by atomic mass is 9.93. The zero-order chi connectivity index (χ0) is 18.5. The Morgan fingerprint density at radius 2 is 1.85 bits per heavy atom. The zero-order valence-electron chi connectivity index (χ0n) is 16.0. The van der Waals surface area contributed by atoms with Crippen LogP contribution in [-0.2, 0) is 4.79 Å². The van der Waals surface area contributed by atoms with Crippen molar-refractivity contribution >= 4 is 5.91 Å². The van der Waals surface area contributed by atoms with Crippen LogP contribution in [0.2, 0.25) is 0 Å². The molecule has 1 aromatic carbocycles. The van der Waals surface area contributed by atoms with Gasteiger partial charge in [0.15, 0.2) is 11.5 Å². The minimum Gasteiger partial charge on any atom is -0.493 e. The topological polar surface area (TPSA) is 51.2 Å². The van der Waals surface area contributed by atoms with Gasteiger partial charge in [-0.05, 0) is 63.2 Å². The number of carbonyl (C=O) groups is 1. The number of ether oxygens (including phenoxy) is 3. The summed E-state index contributed by atoms with van der Waals surface area (Å²) in [6.45, 7) is 6.19. The predicted octanol–water partition coefficient (Wildman–Crippen LogP) is 2.91. The molecule has 148 valence electrons. The number of nitrogens with zero attached hydrogens (tertiary/aromatic N) is 2. The number of carbonyl (C=O) groups excluding carboxylic acids is 1. The molecular formula is C21H30N2O4. The van der Waals surface area contributed by atoms with Gasteiger partial charge in [0.2, 0.25) is 12.7 Å². The molecule has 1 amide bonds. The fraction of sp³-hybridized carbons (Fsp3) is 0.667. The molecule has 3 aliphatic heterocycles. The number of hydrogen-bond acceptors (Lipinski definition) is 5. The lowest BCUT2D eigenvalue weighted by Crippen LogP contribution is -2.37. The van der Waals surface area contributed by atoms with Gasteiger partial charge in [-0.25, -0.2) is 0 Å². The first-order valence-corrected chi connectivity index (χ1v) is 10.3. The molecule has 0 radical (unpaired) electrons. The van der Waals surface area contributed by atoms with Crippen LogP contribution in [0.5, 0.6) is 17.2 Å².